The van der Waals surface area contributed by atoms with E-state index in [9.17, 15) is 4.79 Å². The van der Waals surface area contributed by atoms with E-state index in [1.54, 1.807) is 0 Å². The van der Waals surface area contributed by atoms with Crippen molar-refractivity contribution in [2.24, 2.45) is 0 Å². The van der Waals surface area contributed by atoms with Gasteiger partial charge in [-0.15, -0.1) is 23.7 Å². The van der Waals surface area contributed by atoms with Gasteiger partial charge in [-0.3, -0.25) is 4.79 Å². The van der Waals surface area contributed by atoms with E-state index in [-0.39, 0.29) is 5.91 Å². The molecule has 0 fully saturated rings. The van der Waals surface area contributed by atoms with Crippen LogP contribution in [0.1, 0.15) is 34.5 Å². The highest BCUT2D eigenvalue weighted by molar-refractivity contribution is 7.12. The summed E-state index contributed by atoms with van der Waals surface area (Å²) >= 11 is 1.48. The van der Waals surface area contributed by atoms with Crippen molar-refractivity contribution in [2.45, 2.75) is 26.2 Å². The van der Waals surface area contributed by atoms with E-state index in [0.29, 0.717) is 6.54 Å². The summed E-state index contributed by atoms with van der Waals surface area (Å²) in [5.74, 6) is 2.61. The molecular formula is C12H15NOS. The van der Waals surface area contributed by atoms with Crippen LogP contribution in [-0.2, 0) is 0 Å². The average Bonchev–Trinajstić information content (AvgIpc) is 2.64. The molecule has 1 aromatic heterocycles. The Labute approximate surface area is 94.7 Å². The van der Waals surface area contributed by atoms with Gasteiger partial charge >= 0.3 is 0 Å². The molecule has 0 spiro atoms. The minimum atomic E-state index is 0.0307. The van der Waals surface area contributed by atoms with Gasteiger partial charge in [0.15, 0.2) is 0 Å². The van der Waals surface area contributed by atoms with Gasteiger partial charge < -0.3 is 5.32 Å². The maximum absolute atomic E-state index is 11.6. The van der Waals surface area contributed by atoms with Crippen LogP contribution in [0.2, 0.25) is 0 Å². The molecule has 0 aliphatic rings. The van der Waals surface area contributed by atoms with Crippen molar-refractivity contribution in [1.82, 2.24) is 5.32 Å². The second-order valence-electron chi connectivity index (χ2n) is 3.35. The van der Waals surface area contributed by atoms with Gasteiger partial charge in [0.1, 0.15) is 0 Å². The summed E-state index contributed by atoms with van der Waals surface area (Å²) in [5, 5.41) is 4.82. The number of rotatable bonds is 5. The Morgan fingerprint density at radius 3 is 3.00 bits per heavy atom. The van der Waals surface area contributed by atoms with E-state index in [2.05, 4.69) is 11.2 Å². The molecule has 0 aromatic carbocycles. The SMILES string of the molecule is C#CCCCCNC(=O)c1sccc1C. The first-order valence-corrected chi connectivity index (χ1v) is 5.89. The number of hydrogen-bond acceptors (Lipinski definition) is 2. The highest BCUT2D eigenvalue weighted by Gasteiger charge is 2.08. The van der Waals surface area contributed by atoms with E-state index in [0.717, 1.165) is 29.7 Å². The summed E-state index contributed by atoms with van der Waals surface area (Å²) in [4.78, 5) is 12.4. The summed E-state index contributed by atoms with van der Waals surface area (Å²) in [7, 11) is 0. The van der Waals surface area contributed by atoms with Crippen LogP contribution in [0.5, 0.6) is 0 Å². The molecule has 1 N–H and O–H groups in total. The lowest BCUT2D eigenvalue weighted by atomic mass is 10.2. The molecule has 0 saturated carbocycles. The van der Waals surface area contributed by atoms with Gasteiger partial charge in [-0.2, -0.15) is 0 Å². The van der Waals surface area contributed by atoms with Gasteiger partial charge in [0.2, 0.25) is 0 Å². The first kappa shape index (κ1) is 11.8. The number of hydrogen-bond donors (Lipinski definition) is 1. The molecule has 1 amide bonds. The van der Waals surface area contributed by atoms with E-state index < -0.39 is 0 Å². The lowest BCUT2D eigenvalue weighted by molar-refractivity contribution is 0.0956. The van der Waals surface area contributed by atoms with Crippen molar-refractivity contribution in [2.75, 3.05) is 6.54 Å². The van der Waals surface area contributed by atoms with Gasteiger partial charge in [0.25, 0.3) is 5.91 Å². The number of aryl methyl sites for hydroxylation is 1. The van der Waals surface area contributed by atoms with Gasteiger partial charge in [-0.05, 0) is 36.8 Å². The van der Waals surface area contributed by atoms with Crippen LogP contribution in [0.4, 0.5) is 0 Å². The molecule has 0 radical (unpaired) electrons. The van der Waals surface area contributed by atoms with E-state index in [4.69, 9.17) is 6.42 Å². The quantitative estimate of drug-likeness (QED) is 0.601. The third-order valence-electron chi connectivity index (χ3n) is 2.10. The normalized spacial score (nSPS) is 9.60. The summed E-state index contributed by atoms with van der Waals surface area (Å²) < 4.78 is 0. The predicted octanol–water partition coefficient (Wildman–Crippen LogP) is 2.59. The first-order chi connectivity index (χ1) is 7.25. The Kier molecular flexibility index (Phi) is 4.92. The number of nitrogens with one attached hydrogen (secondary N) is 1. The molecule has 0 unspecified atom stereocenters. The zero-order chi connectivity index (χ0) is 11.1. The third kappa shape index (κ3) is 3.77. The van der Waals surface area contributed by atoms with Gasteiger partial charge in [-0.25, -0.2) is 0 Å². The molecule has 0 aliphatic heterocycles. The van der Waals surface area contributed by atoms with Gasteiger partial charge in [0.05, 0.1) is 4.88 Å². The highest BCUT2D eigenvalue weighted by atomic mass is 32.1. The Balaban J connectivity index is 2.26. The molecule has 0 atom stereocenters. The second-order valence-corrected chi connectivity index (χ2v) is 4.27. The van der Waals surface area contributed by atoms with Crippen molar-refractivity contribution in [3.63, 3.8) is 0 Å². The Hall–Kier alpha value is -1.27. The second kappa shape index (κ2) is 6.26. The number of unbranched alkanes of at least 4 members (excludes halogenated alkanes) is 2. The van der Waals surface area contributed by atoms with Crippen LogP contribution in [-0.4, -0.2) is 12.5 Å². The number of carbonyl (C=O) groups is 1. The Bertz CT molecular complexity index is 362. The fourth-order valence-corrected chi connectivity index (χ4v) is 2.08. The van der Waals surface area contributed by atoms with Crippen LogP contribution in [0, 0.1) is 19.3 Å². The summed E-state index contributed by atoms with van der Waals surface area (Å²) in [6.07, 6.45) is 7.83. The van der Waals surface area contributed by atoms with Crippen molar-refractivity contribution >= 4 is 17.2 Å². The van der Waals surface area contributed by atoms with Crippen LogP contribution in [0.3, 0.4) is 0 Å². The number of amides is 1. The number of terminal acetylenes is 1. The van der Waals surface area contributed by atoms with E-state index >= 15 is 0 Å². The fraction of sp³-hybridized carbons (Fsp3) is 0.417. The van der Waals surface area contributed by atoms with Crippen LogP contribution < -0.4 is 5.32 Å². The third-order valence-corrected chi connectivity index (χ3v) is 3.12. The average molecular weight is 221 g/mol. The molecule has 0 aliphatic carbocycles. The molecule has 1 heterocycles. The largest absolute Gasteiger partial charge is 0.351 e. The predicted molar refractivity (Wildman–Crippen MR) is 64.1 cm³/mol. The van der Waals surface area contributed by atoms with E-state index in [1.807, 2.05) is 18.4 Å². The van der Waals surface area contributed by atoms with Gasteiger partial charge in [-0.1, -0.05) is 0 Å². The molecule has 0 bridgehead atoms. The minimum absolute atomic E-state index is 0.0307. The monoisotopic (exact) mass is 221 g/mol. The Morgan fingerprint density at radius 2 is 2.40 bits per heavy atom. The lowest BCUT2D eigenvalue weighted by Gasteiger charge is -2.03. The van der Waals surface area contributed by atoms with Crippen molar-refractivity contribution in [1.29, 1.82) is 0 Å². The zero-order valence-corrected chi connectivity index (χ0v) is 9.69. The first-order valence-electron chi connectivity index (χ1n) is 5.01. The van der Waals surface area contributed by atoms with Gasteiger partial charge in [0, 0.05) is 13.0 Å². The topological polar surface area (TPSA) is 29.1 Å². The smallest absolute Gasteiger partial charge is 0.261 e. The summed E-state index contributed by atoms with van der Waals surface area (Å²) in [6, 6.07) is 1.96. The molecule has 0 saturated heterocycles. The standard InChI is InChI=1S/C12H15NOS/c1-3-4-5-6-8-13-12(14)11-10(2)7-9-15-11/h1,7,9H,4-6,8H2,2H3,(H,13,14). The van der Waals surface area contributed by atoms with Crippen molar-refractivity contribution < 1.29 is 4.79 Å². The molecule has 80 valence electrons. The van der Waals surface area contributed by atoms with Crippen molar-refractivity contribution in [3.8, 4) is 12.3 Å². The fourth-order valence-electron chi connectivity index (χ4n) is 1.24. The zero-order valence-electron chi connectivity index (χ0n) is 8.88. The number of thiophene rings is 1. The molecule has 1 rings (SSSR count). The molecule has 15 heavy (non-hydrogen) atoms. The molecule has 3 heteroatoms. The van der Waals surface area contributed by atoms with Crippen LogP contribution in [0.15, 0.2) is 11.4 Å². The Morgan fingerprint density at radius 1 is 1.60 bits per heavy atom. The number of carbonyl (C=O) groups excluding carboxylic acids is 1. The summed E-state index contributed by atoms with van der Waals surface area (Å²) in [6.45, 7) is 2.65. The lowest BCUT2D eigenvalue weighted by Crippen LogP contribution is -2.24. The molecule has 2 nitrogen and oxygen atoms in total. The summed E-state index contributed by atoms with van der Waals surface area (Å²) in [5.41, 5.74) is 1.04. The van der Waals surface area contributed by atoms with E-state index in [1.165, 1.54) is 11.3 Å². The maximum atomic E-state index is 11.6. The van der Waals surface area contributed by atoms with Crippen LogP contribution in [0.25, 0.3) is 0 Å². The molecular weight excluding hydrogens is 206 g/mol. The molecule has 1 aromatic rings. The maximum Gasteiger partial charge on any atom is 0.261 e. The minimum Gasteiger partial charge on any atom is -0.351 e. The van der Waals surface area contributed by atoms with Crippen LogP contribution >= 0.6 is 11.3 Å². The van der Waals surface area contributed by atoms with Crippen molar-refractivity contribution in [3.05, 3.63) is 21.9 Å². The highest BCUT2D eigenvalue weighted by Crippen LogP contribution is 2.14.